The molecule has 0 saturated heterocycles. The second kappa shape index (κ2) is 16.1. The van der Waals surface area contributed by atoms with Crippen LogP contribution >= 0.6 is 0 Å². The molecule has 0 bridgehead atoms. The molecule has 0 aliphatic rings. The van der Waals surface area contributed by atoms with E-state index in [2.05, 4.69) is 10.4 Å². The van der Waals surface area contributed by atoms with Crippen LogP contribution in [-0.4, -0.2) is 60.3 Å². The van der Waals surface area contributed by atoms with Gasteiger partial charge in [0.1, 0.15) is 0 Å². The Hall–Kier alpha value is -3.17. The Morgan fingerprint density at radius 1 is 0.974 bits per heavy atom. The van der Waals surface area contributed by atoms with Gasteiger partial charge in [0.15, 0.2) is 0 Å². The molecule has 12 nitrogen and oxygen atoms in total. The quantitative estimate of drug-likeness (QED) is 0.165. The van der Waals surface area contributed by atoms with E-state index in [9.17, 15) is 31.6 Å². The van der Waals surface area contributed by atoms with Crippen LogP contribution in [0.4, 0.5) is 0 Å². The highest BCUT2D eigenvalue weighted by atomic mass is 32.2. The third-order valence-corrected chi connectivity index (χ3v) is 6.18. The minimum absolute atomic E-state index is 0.0327. The maximum atomic E-state index is 13.3. The van der Waals surface area contributed by atoms with Crippen molar-refractivity contribution in [3.05, 3.63) is 72.1 Å². The summed E-state index contributed by atoms with van der Waals surface area (Å²) in [6, 6.07) is 14.5. The molecule has 2 atom stereocenters. The van der Waals surface area contributed by atoms with Gasteiger partial charge in [-0.1, -0.05) is 62.4 Å². The van der Waals surface area contributed by atoms with Crippen LogP contribution in [0.1, 0.15) is 37.9 Å². The highest BCUT2D eigenvalue weighted by molar-refractivity contribution is 7.88. The van der Waals surface area contributed by atoms with Crippen LogP contribution in [0.2, 0.25) is 0 Å². The summed E-state index contributed by atoms with van der Waals surface area (Å²) in [5.41, 5.74) is 5.48. The summed E-state index contributed by atoms with van der Waals surface area (Å²) in [5, 5.41) is 9.32. The molecule has 216 valence electrons. The van der Waals surface area contributed by atoms with Crippen molar-refractivity contribution in [1.82, 2.24) is 20.3 Å². The number of sulfonamides is 1. The first-order valence-electron chi connectivity index (χ1n) is 11.9. The third kappa shape index (κ3) is 14.5. The fraction of sp³-hybridized carbons (Fsp3) is 0.400. The lowest BCUT2D eigenvalue weighted by atomic mass is 9.82. The SMILES string of the molecule is CC(C)C[C@@H](C(=O)NN(Cc1ccccn1)S(C)(=O)=O)[C@H](CC=Cc1ccccc1)C(=O)NO.CS(=O)(=O)O. The lowest BCUT2D eigenvalue weighted by molar-refractivity contribution is -0.142. The van der Waals surface area contributed by atoms with Crippen LogP contribution < -0.4 is 10.9 Å². The number of hydroxylamine groups is 1. The van der Waals surface area contributed by atoms with Crippen molar-refractivity contribution in [1.29, 1.82) is 0 Å². The number of amides is 2. The van der Waals surface area contributed by atoms with Crippen molar-refractivity contribution < 1.29 is 36.2 Å². The molecule has 0 saturated carbocycles. The van der Waals surface area contributed by atoms with E-state index in [1.54, 1.807) is 29.8 Å². The number of allylic oxidation sites excluding steroid dienone is 1. The van der Waals surface area contributed by atoms with E-state index in [0.29, 0.717) is 18.4 Å². The third-order valence-electron chi connectivity index (χ3n) is 5.16. The molecular weight excluding hydrogens is 548 g/mol. The van der Waals surface area contributed by atoms with Crippen LogP contribution in [0.15, 0.2) is 60.8 Å². The number of hydrogen-bond donors (Lipinski definition) is 4. The average Bonchev–Trinajstić information content (AvgIpc) is 2.84. The van der Waals surface area contributed by atoms with Gasteiger partial charge in [-0.15, -0.1) is 4.41 Å². The Labute approximate surface area is 229 Å². The lowest BCUT2D eigenvalue weighted by Gasteiger charge is -2.28. The molecule has 1 aromatic heterocycles. The van der Waals surface area contributed by atoms with E-state index in [1.165, 1.54) is 6.20 Å². The van der Waals surface area contributed by atoms with Crippen LogP contribution in [0, 0.1) is 17.8 Å². The van der Waals surface area contributed by atoms with Gasteiger partial charge >= 0.3 is 0 Å². The van der Waals surface area contributed by atoms with Crippen molar-refractivity contribution in [2.24, 2.45) is 17.8 Å². The Kier molecular flexibility index (Phi) is 13.9. The summed E-state index contributed by atoms with van der Waals surface area (Å²) in [4.78, 5) is 30.0. The second-order valence-corrected chi connectivity index (χ2v) is 12.5. The molecule has 0 spiro atoms. The topological polar surface area (TPSA) is 183 Å². The van der Waals surface area contributed by atoms with Crippen LogP contribution in [0.3, 0.4) is 0 Å². The van der Waals surface area contributed by atoms with Gasteiger partial charge in [-0.2, -0.15) is 8.42 Å². The van der Waals surface area contributed by atoms with E-state index in [-0.39, 0.29) is 18.9 Å². The number of nitrogens with zero attached hydrogens (tertiary/aromatic N) is 2. The van der Waals surface area contributed by atoms with Gasteiger partial charge in [0.2, 0.25) is 21.8 Å². The van der Waals surface area contributed by atoms with Crippen molar-refractivity contribution in [2.45, 2.75) is 33.2 Å². The monoisotopic (exact) mass is 584 g/mol. The normalized spacial score (nSPS) is 13.4. The fourth-order valence-corrected chi connectivity index (χ4v) is 4.12. The molecular formula is C25H36N4O8S2. The number of carbonyl (C=O) groups is 2. The zero-order chi connectivity index (χ0) is 29.6. The zero-order valence-corrected chi connectivity index (χ0v) is 23.9. The van der Waals surface area contributed by atoms with E-state index in [1.807, 2.05) is 50.3 Å². The molecule has 0 fully saturated rings. The maximum Gasteiger partial charge on any atom is 0.261 e. The summed E-state index contributed by atoms with van der Waals surface area (Å²) < 4.78 is 51.4. The van der Waals surface area contributed by atoms with E-state index >= 15 is 0 Å². The molecule has 0 radical (unpaired) electrons. The van der Waals surface area contributed by atoms with Crippen LogP contribution in [0.5, 0.6) is 0 Å². The smallest absolute Gasteiger partial charge is 0.261 e. The van der Waals surface area contributed by atoms with Crippen molar-refractivity contribution in [3.8, 4) is 0 Å². The Morgan fingerprint density at radius 2 is 1.56 bits per heavy atom. The first kappa shape index (κ1) is 33.9. The number of rotatable bonds is 12. The number of nitrogens with one attached hydrogen (secondary N) is 2. The minimum Gasteiger partial charge on any atom is -0.289 e. The number of pyridine rings is 1. The first-order valence-corrected chi connectivity index (χ1v) is 15.6. The van der Waals surface area contributed by atoms with Gasteiger partial charge in [-0.05, 0) is 36.5 Å². The number of hydrogen-bond acceptors (Lipinski definition) is 8. The van der Waals surface area contributed by atoms with E-state index in [0.717, 1.165) is 16.2 Å². The average molecular weight is 585 g/mol. The summed E-state index contributed by atoms with van der Waals surface area (Å²) >= 11 is 0. The highest BCUT2D eigenvalue weighted by Crippen LogP contribution is 2.26. The zero-order valence-electron chi connectivity index (χ0n) is 22.3. The lowest BCUT2D eigenvalue weighted by Crippen LogP contribution is -2.50. The molecule has 2 rings (SSSR count). The van der Waals surface area contributed by atoms with E-state index < -0.39 is 43.8 Å². The minimum atomic E-state index is -3.83. The van der Waals surface area contributed by atoms with Gasteiger partial charge in [-0.3, -0.25) is 29.8 Å². The maximum absolute atomic E-state index is 13.3. The standard InChI is InChI=1S/C24H32N4O5S.CH4O3S/c1-18(2)16-22(21(24(30)27-31)14-9-12-19-10-5-4-6-11-19)23(29)26-28(34(3,32)33)17-20-13-7-8-15-25-20;1-5(2,3)4/h4-13,15,18,21-22,31H,14,16-17H2,1-3H3,(H,26,29)(H,27,30);1H3,(H,2,3,4)/t21-,22+;/m0./s1. The molecule has 1 aromatic carbocycles. The van der Waals surface area contributed by atoms with E-state index in [4.69, 9.17) is 4.55 Å². The van der Waals surface area contributed by atoms with Gasteiger partial charge in [-0.25, -0.2) is 13.9 Å². The highest BCUT2D eigenvalue weighted by Gasteiger charge is 2.35. The van der Waals surface area contributed by atoms with Gasteiger partial charge in [0.05, 0.1) is 36.6 Å². The number of hydrazine groups is 1. The molecule has 14 heteroatoms. The molecule has 2 amide bonds. The molecule has 1 heterocycles. The van der Waals surface area contributed by atoms with Gasteiger partial charge < -0.3 is 0 Å². The van der Waals surface area contributed by atoms with Crippen LogP contribution in [-0.2, 0) is 36.3 Å². The molecule has 2 aromatic rings. The summed E-state index contributed by atoms with van der Waals surface area (Å²) in [6.07, 6.45) is 7.29. The summed E-state index contributed by atoms with van der Waals surface area (Å²) in [5.74, 6) is -3.11. The Balaban J connectivity index is 0.00000139. The second-order valence-electron chi connectivity index (χ2n) is 9.17. The predicted octanol–water partition coefficient (Wildman–Crippen LogP) is 2.27. The molecule has 0 unspecified atom stereocenters. The number of aromatic nitrogens is 1. The van der Waals surface area contributed by atoms with Crippen molar-refractivity contribution >= 4 is 38.0 Å². The molecule has 4 N–H and O–H groups in total. The van der Waals surface area contributed by atoms with Crippen LogP contribution in [0.25, 0.3) is 6.08 Å². The number of carbonyl (C=O) groups excluding carboxylic acids is 2. The summed E-state index contributed by atoms with van der Waals surface area (Å²) in [7, 11) is -7.49. The van der Waals surface area contributed by atoms with Gasteiger partial charge in [0, 0.05) is 6.20 Å². The molecule has 0 aliphatic heterocycles. The predicted molar refractivity (Wildman–Crippen MR) is 147 cm³/mol. The molecule has 0 aliphatic carbocycles. The molecule has 39 heavy (non-hydrogen) atoms. The largest absolute Gasteiger partial charge is 0.289 e. The van der Waals surface area contributed by atoms with Crippen molar-refractivity contribution in [2.75, 3.05) is 12.5 Å². The fourth-order valence-electron chi connectivity index (χ4n) is 3.50. The van der Waals surface area contributed by atoms with Crippen molar-refractivity contribution in [3.63, 3.8) is 0 Å². The Bertz CT molecular complexity index is 1280. The Morgan fingerprint density at radius 3 is 2.05 bits per heavy atom. The summed E-state index contributed by atoms with van der Waals surface area (Å²) in [6.45, 7) is 3.64. The number of benzene rings is 1. The van der Waals surface area contributed by atoms with Gasteiger partial charge in [0.25, 0.3) is 10.1 Å². The first-order chi connectivity index (χ1) is 18.1.